The minimum absolute atomic E-state index is 0.0556. The molecule has 6 rings (SSSR count). The van der Waals surface area contributed by atoms with Crippen molar-refractivity contribution in [1.82, 2.24) is 9.62 Å². The van der Waals surface area contributed by atoms with Crippen LogP contribution in [0.3, 0.4) is 0 Å². The van der Waals surface area contributed by atoms with E-state index in [0.29, 0.717) is 54.2 Å². The van der Waals surface area contributed by atoms with E-state index in [4.69, 9.17) is 4.74 Å². The summed E-state index contributed by atoms with van der Waals surface area (Å²) in [4.78, 5) is 53.7. The number of carboxylic acid groups (broad SMARTS) is 2. The van der Waals surface area contributed by atoms with Crippen molar-refractivity contribution in [3.63, 3.8) is 0 Å². The van der Waals surface area contributed by atoms with Crippen LogP contribution in [0.25, 0.3) is 0 Å². The number of nitrogens with zero attached hydrogens (tertiary/aromatic N) is 1. The van der Waals surface area contributed by atoms with E-state index in [1.165, 1.54) is 4.90 Å². The Bertz CT molecular complexity index is 2370. The molecule has 0 saturated carbocycles. The number of ether oxygens (including phenoxy) is 1. The zero-order chi connectivity index (χ0) is 37.9. The van der Waals surface area contributed by atoms with Gasteiger partial charge in [0.2, 0.25) is 0 Å². The standard InChI is InChI=1S/C39H30F2N2O9S/c40-33-17-16-27(19-34(33)41)53(50,51)42-36(44)29-20-32(39(48)49)30(21-31(29)38(46)47)37(45)43(35-15-7-10-24-9-4-5-14-28(24)35)22-23-8-6-13-26(18-23)52-25-11-2-1-3-12-25/h1-6,8-9,11-14,16-21,35H,7,10,15,22H2,(H,42,44)(H,46,47)(H,48,49)/t35-/m0/s1. The van der Waals surface area contributed by atoms with Crippen LogP contribution in [0.5, 0.6) is 11.5 Å². The molecule has 3 N–H and O–H groups in total. The Morgan fingerprint density at radius 2 is 1.40 bits per heavy atom. The van der Waals surface area contributed by atoms with Crippen molar-refractivity contribution in [2.45, 2.75) is 36.7 Å². The van der Waals surface area contributed by atoms with Gasteiger partial charge in [-0.05, 0) is 90.6 Å². The summed E-state index contributed by atoms with van der Waals surface area (Å²) in [5.74, 6) is -7.75. The van der Waals surface area contributed by atoms with Crippen molar-refractivity contribution in [3.05, 3.63) is 160 Å². The lowest BCUT2D eigenvalue weighted by Gasteiger charge is -2.36. The third-order valence-electron chi connectivity index (χ3n) is 8.73. The van der Waals surface area contributed by atoms with Gasteiger partial charge in [-0.1, -0.05) is 54.6 Å². The lowest BCUT2D eigenvalue weighted by Crippen LogP contribution is -2.37. The summed E-state index contributed by atoms with van der Waals surface area (Å²) in [5, 5.41) is 20.4. The van der Waals surface area contributed by atoms with Crippen LogP contribution in [0.15, 0.2) is 114 Å². The van der Waals surface area contributed by atoms with Crippen molar-refractivity contribution in [1.29, 1.82) is 0 Å². The number of sulfonamides is 1. The van der Waals surface area contributed by atoms with Gasteiger partial charge in [-0.15, -0.1) is 0 Å². The molecule has 14 heteroatoms. The number of halogens is 2. The van der Waals surface area contributed by atoms with Crippen molar-refractivity contribution in [3.8, 4) is 11.5 Å². The maximum absolute atomic E-state index is 14.7. The zero-order valence-corrected chi connectivity index (χ0v) is 28.5. The Hall–Kier alpha value is -6.41. The minimum atomic E-state index is -4.90. The largest absolute Gasteiger partial charge is 0.478 e. The van der Waals surface area contributed by atoms with E-state index in [-0.39, 0.29) is 6.54 Å². The fourth-order valence-corrected chi connectivity index (χ4v) is 7.23. The number of rotatable bonds is 11. The molecule has 53 heavy (non-hydrogen) atoms. The second-order valence-corrected chi connectivity index (χ2v) is 13.8. The van der Waals surface area contributed by atoms with Crippen LogP contribution in [0.1, 0.15) is 77.0 Å². The van der Waals surface area contributed by atoms with E-state index in [1.54, 1.807) is 41.1 Å². The monoisotopic (exact) mass is 740 g/mol. The molecule has 0 aliphatic heterocycles. The first-order chi connectivity index (χ1) is 25.3. The number of hydrogen-bond acceptors (Lipinski definition) is 7. The number of aromatic carboxylic acids is 2. The molecule has 1 aliphatic carbocycles. The molecular formula is C39H30F2N2O9S. The zero-order valence-electron chi connectivity index (χ0n) is 27.7. The number of para-hydroxylation sites is 1. The summed E-state index contributed by atoms with van der Waals surface area (Å²) >= 11 is 0. The molecule has 0 aromatic heterocycles. The van der Waals surface area contributed by atoms with Crippen molar-refractivity contribution >= 4 is 33.8 Å². The molecule has 11 nitrogen and oxygen atoms in total. The Morgan fingerprint density at radius 3 is 2.11 bits per heavy atom. The van der Waals surface area contributed by atoms with Crippen LogP contribution in [0, 0.1) is 11.6 Å². The predicted molar refractivity (Wildman–Crippen MR) is 186 cm³/mol. The van der Waals surface area contributed by atoms with E-state index >= 15 is 0 Å². The Balaban J connectivity index is 1.41. The third kappa shape index (κ3) is 7.92. The molecule has 0 bridgehead atoms. The van der Waals surface area contributed by atoms with Gasteiger partial charge in [-0.2, -0.15) is 0 Å². The maximum atomic E-state index is 14.7. The second kappa shape index (κ2) is 15.1. The number of aryl methyl sites for hydroxylation is 1. The molecule has 0 heterocycles. The highest BCUT2D eigenvalue weighted by atomic mass is 32.2. The quantitative estimate of drug-likeness (QED) is 0.129. The van der Waals surface area contributed by atoms with Crippen molar-refractivity contribution < 1.29 is 51.3 Å². The topological polar surface area (TPSA) is 167 Å². The molecule has 270 valence electrons. The predicted octanol–water partition coefficient (Wildman–Crippen LogP) is 6.99. The smallest absolute Gasteiger partial charge is 0.336 e. The van der Waals surface area contributed by atoms with Crippen LogP contribution in [0.2, 0.25) is 0 Å². The SMILES string of the molecule is O=C(O)c1cc(C(=O)N(Cc2cccc(Oc3ccccc3)c2)[C@H]2CCCc3ccccc32)c(C(=O)O)cc1C(=O)NS(=O)(=O)c1ccc(F)c(F)c1. The normalized spacial score (nSPS) is 13.7. The van der Waals surface area contributed by atoms with E-state index in [1.807, 2.05) is 42.5 Å². The van der Waals surface area contributed by atoms with Crippen molar-refractivity contribution in [2.24, 2.45) is 0 Å². The summed E-state index contributed by atoms with van der Waals surface area (Å²) in [6, 6.07) is 25.7. The number of fused-ring (bicyclic) bond motifs is 1. The van der Waals surface area contributed by atoms with Crippen LogP contribution < -0.4 is 9.46 Å². The molecule has 0 radical (unpaired) electrons. The highest BCUT2D eigenvalue weighted by molar-refractivity contribution is 7.90. The van der Waals surface area contributed by atoms with Crippen LogP contribution in [-0.4, -0.2) is 47.3 Å². The highest BCUT2D eigenvalue weighted by Crippen LogP contribution is 2.37. The first-order valence-electron chi connectivity index (χ1n) is 16.2. The number of carboxylic acids is 2. The van der Waals surface area contributed by atoms with Gasteiger partial charge in [0.05, 0.1) is 33.2 Å². The van der Waals surface area contributed by atoms with Gasteiger partial charge < -0.3 is 19.8 Å². The van der Waals surface area contributed by atoms with E-state index in [2.05, 4.69) is 0 Å². The number of carbonyl (C=O) groups excluding carboxylic acids is 2. The van der Waals surface area contributed by atoms with Crippen molar-refractivity contribution in [2.75, 3.05) is 0 Å². The summed E-state index contributed by atoms with van der Waals surface area (Å²) in [5.41, 5.74) is -0.681. The molecule has 5 aromatic carbocycles. The number of amides is 2. The molecule has 2 amide bonds. The molecule has 1 aliphatic rings. The Kier molecular flexibility index (Phi) is 10.3. The molecule has 5 aromatic rings. The first kappa shape index (κ1) is 36.4. The van der Waals surface area contributed by atoms with E-state index in [9.17, 15) is 46.6 Å². The van der Waals surface area contributed by atoms with Crippen LogP contribution in [-0.2, 0) is 23.0 Å². The van der Waals surface area contributed by atoms with Gasteiger partial charge in [0.25, 0.3) is 21.8 Å². The lowest BCUT2D eigenvalue weighted by molar-refractivity contribution is 0.0614. The highest BCUT2D eigenvalue weighted by Gasteiger charge is 2.34. The van der Waals surface area contributed by atoms with Gasteiger partial charge >= 0.3 is 11.9 Å². The van der Waals surface area contributed by atoms with E-state index < -0.39 is 78.6 Å². The van der Waals surface area contributed by atoms with E-state index in [0.717, 1.165) is 23.6 Å². The third-order valence-corrected chi connectivity index (χ3v) is 10.1. The van der Waals surface area contributed by atoms with Gasteiger partial charge in [-0.25, -0.2) is 31.5 Å². The molecule has 1 atom stereocenters. The summed E-state index contributed by atoms with van der Waals surface area (Å²) in [7, 11) is -4.90. The number of carbonyl (C=O) groups is 4. The molecule has 0 unspecified atom stereocenters. The summed E-state index contributed by atoms with van der Waals surface area (Å²) in [6.45, 7) is -0.0556. The lowest BCUT2D eigenvalue weighted by atomic mass is 9.86. The fourth-order valence-electron chi connectivity index (χ4n) is 6.26. The minimum Gasteiger partial charge on any atom is -0.478 e. The van der Waals surface area contributed by atoms with Gasteiger partial charge in [-0.3, -0.25) is 9.59 Å². The average molecular weight is 741 g/mol. The number of hydrogen-bond donors (Lipinski definition) is 3. The molecular weight excluding hydrogens is 710 g/mol. The van der Waals surface area contributed by atoms with Gasteiger partial charge in [0, 0.05) is 6.54 Å². The summed E-state index contributed by atoms with van der Waals surface area (Å²) in [6.07, 6.45) is 1.94. The molecule has 0 spiro atoms. The maximum Gasteiger partial charge on any atom is 0.336 e. The number of nitrogens with one attached hydrogen (secondary N) is 1. The fraction of sp³-hybridized carbons (Fsp3) is 0.128. The van der Waals surface area contributed by atoms with Crippen LogP contribution >= 0.6 is 0 Å². The molecule has 0 saturated heterocycles. The Labute approximate surface area is 302 Å². The van der Waals surface area contributed by atoms with Gasteiger partial charge in [0.1, 0.15) is 11.5 Å². The Morgan fingerprint density at radius 1 is 0.736 bits per heavy atom. The van der Waals surface area contributed by atoms with Crippen LogP contribution in [0.4, 0.5) is 8.78 Å². The molecule has 0 fully saturated rings. The number of benzene rings is 5. The van der Waals surface area contributed by atoms with Gasteiger partial charge in [0.15, 0.2) is 11.6 Å². The first-order valence-corrected chi connectivity index (χ1v) is 17.7. The summed E-state index contributed by atoms with van der Waals surface area (Å²) < 4.78 is 60.5. The average Bonchev–Trinajstić information content (AvgIpc) is 3.14. The second-order valence-electron chi connectivity index (χ2n) is 12.2.